The molecule has 84 valence electrons. The first-order chi connectivity index (χ1) is 7.74. The number of rotatable bonds is 3. The average Bonchev–Trinajstić information content (AvgIpc) is 2.66. The molecule has 2 N–H and O–H groups in total. The van der Waals surface area contributed by atoms with E-state index in [1.807, 2.05) is 30.3 Å². The molecule has 4 heteroatoms. The number of hydrogen-bond acceptors (Lipinski definition) is 3. The minimum atomic E-state index is -0.758. The summed E-state index contributed by atoms with van der Waals surface area (Å²) in [7, 11) is 0. The van der Waals surface area contributed by atoms with E-state index in [9.17, 15) is 4.79 Å². The zero-order chi connectivity index (χ0) is 11.4. The Hall–Kier alpha value is -1.42. The van der Waals surface area contributed by atoms with Gasteiger partial charge in [-0.25, -0.2) is 0 Å². The fourth-order valence-electron chi connectivity index (χ4n) is 1.58. The van der Waals surface area contributed by atoms with Crippen molar-refractivity contribution in [3.05, 3.63) is 41.6 Å². The second-order valence-corrected chi connectivity index (χ2v) is 4.81. The zero-order valence-corrected chi connectivity index (χ0v) is 9.54. The van der Waals surface area contributed by atoms with Crippen molar-refractivity contribution in [2.75, 3.05) is 5.75 Å². The topological polar surface area (TPSA) is 49.3 Å². The van der Waals surface area contributed by atoms with Gasteiger partial charge in [-0.15, -0.1) is 11.8 Å². The molecule has 1 atom stereocenters. The number of carbonyl (C=O) groups is 1. The van der Waals surface area contributed by atoms with Crippen LogP contribution in [0.15, 0.2) is 36.0 Å². The van der Waals surface area contributed by atoms with Crippen LogP contribution in [0.5, 0.6) is 0 Å². The Labute approximate surface area is 98.6 Å². The van der Waals surface area contributed by atoms with E-state index in [1.54, 1.807) is 11.8 Å². The first kappa shape index (κ1) is 11.1. The largest absolute Gasteiger partial charge is 0.481 e. The SMILES string of the molecule is O=C(O)CC1NC(=Cc2ccccc2)CS1. The maximum absolute atomic E-state index is 10.5. The number of carboxylic acids is 1. The van der Waals surface area contributed by atoms with Gasteiger partial charge in [0, 0.05) is 11.4 Å². The van der Waals surface area contributed by atoms with Crippen LogP contribution in [0.25, 0.3) is 6.08 Å². The molecule has 1 aromatic carbocycles. The second kappa shape index (κ2) is 5.07. The highest BCUT2D eigenvalue weighted by molar-refractivity contribution is 8.00. The molecule has 0 amide bonds. The van der Waals surface area contributed by atoms with Crippen molar-refractivity contribution in [3.63, 3.8) is 0 Å². The molecule has 1 aromatic rings. The van der Waals surface area contributed by atoms with Crippen molar-refractivity contribution in [2.24, 2.45) is 0 Å². The Balaban J connectivity index is 1.98. The van der Waals surface area contributed by atoms with Gasteiger partial charge in [0.2, 0.25) is 0 Å². The van der Waals surface area contributed by atoms with Crippen molar-refractivity contribution < 1.29 is 9.90 Å². The van der Waals surface area contributed by atoms with Crippen molar-refractivity contribution >= 4 is 23.8 Å². The molecule has 1 fully saturated rings. The minimum Gasteiger partial charge on any atom is -0.481 e. The summed E-state index contributed by atoms with van der Waals surface area (Å²) in [6.07, 6.45) is 2.23. The van der Waals surface area contributed by atoms with Crippen molar-refractivity contribution in [1.29, 1.82) is 0 Å². The van der Waals surface area contributed by atoms with Gasteiger partial charge in [-0.05, 0) is 11.6 Å². The lowest BCUT2D eigenvalue weighted by molar-refractivity contribution is -0.137. The Morgan fingerprint density at radius 3 is 2.94 bits per heavy atom. The van der Waals surface area contributed by atoms with Gasteiger partial charge in [-0.2, -0.15) is 0 Å². The third-order valence-corrected chi connectivity index (χ3v) is 3.45. The summed E-state index contributed by atoms with van der Waals surface area (Å²) in [5.74, 6) is 0.0956. The molecule has 1 heterocycles. The molecule has 0 aliphatic carbocycles. The molecule has 2 rings (SSSR count). The first-order valence-corrected chi connectivity index (χ1v) is 6.14. The fraction of sp³-hybridized carbons (Fsp3) is 0.250. The van der Waals surface area contributed by atoms with Crippen LogP contribution in [0.2, 0.25) is 0 Å². The van der Waals surface area contributed by atoms with E-state index < -0.39 is 5.97 Å². The number of benzene rings is 1. The summed E-state index contributed by atoms with van der Waals surface area (Å²) in [4.78, 5) is 10.5. The molecular weight excluding hydrogens is 222 g/mol. The van der Waals surface area contributed by atoms with Crippen LogP contribution in [0.3, 0.4) is 0 Å². The van der Waals surface area contributed by atoms with Gasteiger partial charge in [-0.3, -0.25) is 4.79 Å². The van der Waals surface area contributed by atoms with E-state index in [2.05, 4.69) is 11.4 Å². The maximum Gasteiger partial charge on any atom is 0.306 e. The molecule has 0 radical (unpaired) electrons. The molecule has 1 aliphatic rings. The Morgan fingerprint density at radius 1 is 1.50 bits per heavy atom. The third-order valence-electron chi connectivity index (χ3n) is 2.29. The van der Waals surface area contributed by atoms with Crippen molar-refractivity contribution in [1.82, 2.24) is 5.32 Å². The molecule has 0 aromatic heterocycles. The fourth-order valence-corrected chi connectivity index (χ4v) is 2.63. The predicted molar refractivity (Wildman–Crippen MR) is 66.1 cm³/mol. The standard InChI is InChI=1S/C12H13NO2S/c14-12(15)7-11-13-10(8-16-11)6-9-4-2-1-3-5-9/h1-6,11,13H,7-8H2,(H,14,15). The summed E-state index contributed by atoms with van der Waals surface area (Å²) in [5.41, 5.74) is 2.24. The van der Waals surface area contributed by atoms with Gasteiger partial charge < -0.3 is 10.4 Å². The summed E-state index contributed by atoms with van der Waals surface area (Å²) in [6.45, 7) is 0. The van der Waals surface area contributed by atoms with Gasteiger partial charge in [0.15, 0.2) is 0 Å². The van der Waals surface area contributed by atoms with Crippen LogP contribution in [-0.2, 0) is 4.79 Å². The normalized spacial score (nSPS) is 22.0. The number of nitrogens with one attached hydrogen (secondary N) is 1. The monoisotopic (exact) mass is 235 g/mol. The van der Waals surface area contributed by atoms with Gasteiger partial charge in [-0.1, -0.05) is 30.3 Å². The van der Waals surface area contributed by atoms with Gasteiger partial charge >= 0.3 is 5.97 Å². The summed E-state index contributed by atoms with van der Waals surface area (Å²) in [6, 6.07) is 10.0. The van der Waals surface area contributed by atoms with E-state index in [1.165, 1.54) is 0 Å². The number of hydrogen-bond donors (Lipinski definition) is 2. The highest BCUT2D eigenvalue weighted by Crippen LogP contribution is 2.24. The molecular formula is C12H13NO2S. The number of carboxylic acid groups (broad SMARTS) is 1. The lowest BCUT2D eigenvalue weighted by Crippen LogP contribution is -2.21. The van der Waals surface area contributed by atoms with E-state index in [4.69, 9.17) is 5.11 Å². The van der Waals surface area contributed by atoms with Gasteiger partial charge in [0.05, 0.1) is 11.8 Å². The summed E-state index contributed by atoms with van der Waals surface area (Å²) >= 11 is 1.64. The lowest BCUT2D eigenvalue weighted by Gasteiger charge is -2.06. The summed E-state index contributed by atoms with van der Waals surface area (Å²) in [5, 5.41) is 11.9. The smallest absolute Gasteiger partial charge is 0.306 e. The highest BCUT2D eigenvalue weighted by Gasteiger charge is 2.20. The Bertz CT molecular complexity index is 403. The second-order valence-electron chi connectivity index (χ2n) is 3.62. The minimum absolute atomic E-state index is 0.00691. The van der Waals surface area contributed by atoms with Crippen molar-refractivity contribution in [2.45, 2.75) is 11.8 Å². The maximum atomic E-state index is 10.5. The van der Waals surface area contributed by atoms with Gasteiger partial charge in [0.1, 0.15) is 0 Å². The van der Waals surface area contributed by atoms with E-state index in [0.29, 0.717) is 0 Å². The molecule has 16 heavy (non-hydrogen) atoms. The van der Waals surface area contributed by atoms with E-state index in [0.717, 1.165) is 17.0 Å². The molecule has 0 spiro atoms. The zero-order valence-electron chi connectivity index (χ0n) is 8.72. The van der Waals surface area contributed by atoms with Crippen LogP contribution >= 0.6 is 11.8 Å². The van der Waals surface area contributed by atoms with Crippen molar-refractivity contribution in [3.8, 4) is 0 Å². The Kier molecular flexibility index (Phi) is 3.51. The third kappa shape index (κ3) is 3.03. The van der Waals surface area contributed by atoms with Crippen LogP contribution in [0.1, 0.15) is 12.0 Å². The number of thioether (sulfide) groups is 1. The first-order valence-electron chi connectivity index (χ1n) is 5.09. The van der Waals surface area contributed by atoms with Crippen LogP contribution < -0.4 is 5.32 Å². The lowest BCUT2D eigenvalue weighted by atomic mass is 10.2. The molecule has 0 saturated carbocycles. The van der Waals surface area contributed by atoms with E-state index >= 15 is 0 Å². The van der Waals surface area contributed by atoms with Crippen LogP contribution in [-0.4, -0.2) is 22.2 Å². The number of aliphatic carboxylic acids is 1. The molecule has 3 nitrogen and oxygen atoms in total. The molecule has 0 bridgehead atoms. The molecule has 1 saturated heterocycles. The predicted octanol–water partition coefficient (Wildman–Crippen LogP) is 2.16. The Morgan fingerprint density at radius 2 is 2.25 bits per heavy atom. The summed E-state index contributed by atoms with van der Waals surface area (Å²) < 4.78 is 0. The van der Waals surface area contributed by atoms with E-state index in [-0.39, 0.29) is 11.8 Å². The van der Waals surface area contributed by atoms with Gasteiger partial charge in [0.25, 0.3) is 0 Å². The molecule has 1 aliphatic heterocycles. The molecule has 1 unspecified atom stereocenters. The quantitative estimate of drug-likeness (QED) is 0.843. The van der Waals surface area contributed by atoms with Crippen LogP contribution in [0.4, 0.5) is 0 Å². The highest BCUT2D eigenvalue weighted by atomic mass is 32.2. The van der Waals surface area contributed by atoms with Crippen LogP contribution in [0, 0.1) is 0 Å². The average molecular weight is 235 g/mol.